The molecule has 2 aromatic rings. The number of carbonyl (C=O) groups excluding carboxylic acids is 1. The van der Waals surface area contributed by atoms with Gasteiger partial charge in [0.2, 0.25) is 0 Å². The van der Waals surface area contributed by atoms with Crippen LogP contribution in [0.5, 0.6) is 0 Å². The summed E-state index contributed by atoms with van der Waals surface area (Å²) >= 11 is 3.54. The van der Waals surface area contributed by atoms with E-state index in [9.17, 15) is 4.79 Å². The lowest BCUT2D eigenvalue weighted by Gasteiger charge is -2.29. The highest BCUT2D eigenvalue weighted by molar-refractivity contribution is 9.10. The number of hydrogen-bond acceptors (Lipinski definition) is 1. The second kappa shape index (κ2) is 4.82. The number of fused-ring (bicyclic) bond motifs is 1. The molecule has 1 amide bonds. The van der Waals surface area contributed by atoms with Crippen molar-refractivity contribution in [2.24, 2.45) is 0 Å². The van der Waals surface area contributed by atoms with E-state index in [2.05, 4.69) is 22.0 Å². The monoisotopic (exact) mass is 315 g/mol. The molecular weight excluding hydrogens is 302 g/mol. The van der Waals surface area contributed by atoms with E-state index in [0.29, 0.717) is 0 Å². The smallest absolute Gasteiger partial charge is 0.258 e. The normalized spacial score (nSPS) is 14.4. The Labute approximate surface area is 121 Å². The molecule has 1 aliphatic rings. The number of carbonyl (C=O) groups is 1. The maximum absolute atomic E-state index is 12.6. The number of benzene rings is 2. The zero-order valence-corrected chi connectivity index (χ0v) is 12.3. The van der Waals surface area contributed by atoms with Crippen LogP contribution in [0.15, 0.2) is 46.9 Å². The summed E-state index contributed by atoms with van der Waals surface area (Å²) in [6.07, 6.45) is 0.905. The predicted molar refractivity (Wildman–Crippen MR) is 80.7 cm³/mol. The largest absolute Gasteiger partial charge is 0.307 e. The Morgan fingerprint density at radius 3 is 2.79 bits per heavy atom. The third-order valence-electron chi connectivity index (χ3n) is 3.49. The van der Waals surface area contributed by atoms with Gasteiger partial charge in [0, 0.05) is 16.6 Å². The zero-order valence-electron chi connectivity index (χ0n) is 10.7. The number of hydrogen-bond donors (Lipinski definition) is 0. The van der Waals surface area contributed by atoms with Crippen LogP contribution in [0.25, 0.3) is 0 Å². The van der Waals surface area contributed by atoms with E-state index < -0.39 is 0 Å². The summed E-state index contributed by atoms with van der Waals surface area (Å²) in [6, 6.07) is 13.9. The van der Waals surface area contributed by atoms with Crippen LogP contribution in [0, 0.1) is 6.92 Å². The summed E-state index contributed by atoms with van der Waals surface area (Å²) in [5.74, 6) is 0.0909. The molecule has 0 atom stereocenters. The molecule has 2 nitrogen and oxygen atoms in total. The van der Waals surface area contributed by atoms with Gasteiger partial charge < -0.3 is 4.90 Å². The minimum Gasteiger partial charge on any atom is -0.307 e. The highest BCUT2D eigenvalue weighted by atomic mass is 79.9. The van der Waals surface area contributed by atoms with Crippen LogP contribution in [0.4, 0.5) is 5.69 Å². The van der Waals surface area contributed by atoms with Crippen molar-refractivity contribution in [1.29, 1.82) is 0 Å². The van der Waals surface area contributed by atoms with Gasteiger partial charge in [0.05, 0.1) is 5.69 Å². The van der Waals surface area contributed by atoms with Crippen LogP contribution in [0.1, 0.15) is 21.5 Å². The molecule has 3 heteroatoms. The van der Waals surface area contributed by atoms with E-state index in [1.54, 1.807) is 0 Å². The Morgan fingerprint density at radius 1 is 1.16 bits per heavy atom. The molecule has 0 unspecified atom stereocenters. The topological polar surface area (TPSA) is 20.3 Å². The molecule has 0 saturated carbocycles. The highest BCUT2D eigenvalue weighted by Crippen LogP contribution is 2.31. The van der Waals surface area contributed by atoms with Gasteiger partial charge >= 0.3 is 0 Å². The molecule has 0 radical (unpaired) electrons. The minimum atomic E-state index is 0.0909. The van der Waals surface area contributed by atoms with Crippen molar-refractivity contribution in [3.8, 4) is 0 Å². The van der Waals surface area contributed by atoms with E-state index in [-0.39, 0.29) is 5.91 Å². The summed E-state index contributed by atoms with van der Waals surface area (Å²) in [5.41, 5.74) is 4.08. The lowest BCUT2D eigenvalue weighted by molar-refractivity contribution is 0.0980. The first kappa shape index (κ1) is 12.4. The van der Waals surface area contributed by atoms with E-state index in [4.69, 9.17) is 0 Å². The van der Waals surface area contributed by atoms with Crippen LogP contribution in [0.2, 0.25) is 0 Å². The molecule has 0 aliphatic carbocycles. The Morgan fingerprint density at radius 2 is 1.95 bits per heavy atom. The van der Waals surface area contributed by atoms with E-state index in [1.165, 1.54) is 0 Å². The molecule has 19 heavy (non-hydrogen) atoms. The van der Waals surface area contributed by atoms with Crippen molar-refractivity contribution in [1.82, 2.24) is 0 Å². The number of amides is 1. The van der Waals surface area contributed by atoms with Gasteiger partial charge in [0.25, 0.3) is 5.91 Å². The minimum absolute atomic E-state index is 0.0909. The second-order valence-corrected chi connectivity index (χ2v) is 5.67. The van der Waals surface area contributed by atoms with Crippen molar-refractivity contribution >= 4 is 27.5 Å². The van der Waals surface area contributed by atoms with Gasteiger partial charge in [0.1, 0.15) is 0 Å². The number of halogens is 1. The summed E-state index contributed by atoms with van der Waals surface area (Å²) in [6.45, 7) is 2.77. The van der Waals surface area contributed by atoms with E-state index in [0.717, 1.165) is 39.8 Å². The number of nitrogens with zero attached hydrogens (tertiary/aromatic N) is 1. The number of aryl methyl sites for hydroxylation is 1. The molecule has 1 aliphatic heterocycles. The average Bonchev–Trinajstić information content (AvgIpc) is 2.43. The standard InChI is InChI=1S/C16H14BrNO/c1-11-6-7-14(17)15(10-11)18-9-8-12-4-2-3-5-13(12)16(18)19/h2-7,10H,8-9H2,1H3. The van der Waals surface area contributed by atoms with Crippen molar-refractivity contribution < 1.29 is 4.79 Å². The van der Waals surface area contributed by atoms with Gasteiger partial charge in [-0.1, -0.05) is 24.3 Å². The molecule has 0 spiro atoms. The lowest BCUT2D eigenvalue weighted by Crippen LogP contribution is -2.37. The fourth-order valence-electron chi connectivity index (χ4n) is 2.49. The molecule has 96 valence electrons. The van der Waals surface area contributed by atoms with Crippen molar-refractivity contribution in [3.05, 3.63) is 63.6 Å². The first-order valence-corrected chi connectivity index (χ1v) is 7.12. The Bertz CT molecular complexity index is 651. The van der Waals surface area contributed by atoms with Gasteiger partial charge in [0.15, 0.2) is 0 Å². The first-order chi connectivity index (χ1) is 9.16. The predicted octanol–water partition coefficient (Wildman–Crippen LogP) is 3.96. The van der Waals surface area contributed by atoms with Gasteiger partial charge in [-0.2, -0.15) is 0 Å². The van der Waals surface area contributed by atoms with Crippen LogP contribution < -0.4 is 4.90 Å². The summed E-state index contributed by atoms with van der Waals surface area (Å²) in [5, 5.41) is 0. The highest BCUT2D eigenvalue weighted by Gasteiger charge is 2.26. The Kier molecular flexibility index (Phi) is 3.15. The summed E-state index contributed by atoms with van der Waals surface area (Å²) in [4.78, 5) is 14.4. The van der Waals surface area contributed by atoms with Crippen molar-refractivity contribution in [2.45, 2.75) is 13.3 Å². The number of rotatable bonds is 1. The van der Waals surface area contributed by atoms with Gasteiger partial charge in [-0.15, -0.1) is 0 Å². The van der Waals surface area contributed by atoms with Gasteiger partial charge in [-0.05, 0) is 58.6 Å². The molecule has 0 N–H and O–H groups in total. The fourth-order valence-corrected chi connectivity index (χ4v) is 2.95. The maximum atomic E-state index is 12.6. The summed E-state index contributed by atoms with van der Waals surface area (Å²) < 4.78 is 0.964. The van der Waals surface area contributed by atoms with Crippen LogP contribution >= 0.6 is 15.9 Å². The van der Waals surface area contributed by atoms with Gasteiger partial charge in [-0.25, -0.2) is 0 Å². The Balaban J connectivity index is 2.05. The van der Waals surface area contributed by atoms with E-state index >= 15 is 0 Å². The summed E-state index contributed by atoms with van der Waals surface area (Å²) in [7, 11) is 0. The molecule has 0 fully saturated rings. The van der Waals surface area contributed by atoms with Crippen LogP contribution in [-0.4, -0.2) is 12.5 Å². The SMILES string of the molecule is Cc1ccc(Br)c(N2CCc3ccccc3C2=O)c1. The maximum Gasteiger partial charge on any atom is 0.258 e. The molecule has 1 heterocycles. The van der Waals surface area contributed by atoms with Crippen molar-refractivity contribution in [2.75, 3.05) is 11.4 Å². The number of anilines is 1. The molecule has 0 aromatic heterocycles. The van der Waals surface area contributed by atoms with Crippen LogP contribution in [0.3, 0.4) is 0 Å². The quantitative estimate of drug-likeness (QED) is 0.780. The second-order valence-electron chi connectivity index (χ2n) is 4.82. The third-order valence-corrected chi connectivity index (χ3v) is 4.16. The lowest BCUT2D eigenvalue weighted by atomic mass is 9.98. The fraction of sp³-hybridized carbons (Fsp3) is 0.188. The molecule has 3 rings (SSSR count). The van der Waals surface area contributed by atoms with Crippen LogP contribution in [-0.2, 0) is 6.42 Å². The van der Waals surface area contributed by atoms with Gasteiger partial charge in [-0.3, -0.25) is 4.79 Å². The molecular formula is C16H14BrNO. The average molecular weight is 316 g/mol. The Hall–Kier alpha value is -1.61. The molecule has 0 saturated heterocycles. The van der Waals surface area contributed by atoms with E-state index in [1.807, 2.05) is 48.2 Å². The third kappa shape index (κ3) is 2.19. The zero-order chi connectivity index (χ0) is 13.4. The molecule has 2 aromatic carbocycles. The van der Waals surface area contributed by atoms with Crippen molar-refractivity contribution in [3.63, 3.8) is 0 Å². The molecule has 0 bridgehead atoms. The first-order valence-electron chi connectivity index (χ1n) is 6.33.